The van der Waals surface area contributed by atoms with Gasteiger partial charge in [-0.15, -0.1) is 11.3 Å². The van der Waals surface area contributed by atoms with Gasteiger partial charge >= 0.3 is 6.03 Å². The molecule has 5 nitrogen and oxygen atoms in total. The number of hydrogen-bond acceptors (Lipinski definition) is 4. The van der Waals surface area contributed by atoms with Crippen molar-refractivity contribution < 1.29 is 4.79 Å². The standard InChI is InChI=1S/C11H20N4OS/c1-7(12-5)8-6-17-10(13-8)14-9(16)15-11(2,3)4/h6-7,12H,1-5H3,(H2,13,14,15,16). The third-order valence-electron chi connectivity index (χ3n) is 2.11. The average molecular weight is 256 g/mol. The molecule has 0 fully saturated rings. The maximum absolute atomic E-state index is 11.6. The van der Waals surface area contributed by atoms with Gasteiger partial charge in [-0.3, -0.25) is 5.32 Å². The molecule has 0 aliphatic rings. The third kappa shape index (κ3) is 4.70. The summed E-state index contributed by atoms with van der Waals surface area (Å²) in [6.07, 6.45) is 0. The lowest BCUT2D eigenvalue weighted by molar-refractivity contribution is 0.244. The van der Waals surface area contributed by atoms with E-state index in [1.54, 1.807) is 0 Å². The van der Waals surface area contributed by atoms with E-state index in [9.17, 15) is 4.79 Å². The summed E-state index contributed by atoms with van der Waals surface area (Å²) in [6, 6.07) is -0.0389. The summed E-state index contributed by atoms with van der Waals surface area (Å²) in [4.78, 5) is 15.9. The maximum Gasteiger partial charge on any atom is 0.321 e. The normalized spacial score (nSPS) is 13.2. The van der Waals surface area contributed by atoms with Crippen molar-refractivity contribution >= 4 is 22.5 Å². The summed E-state index contributed by atoms with van der Waals surface area (Å²) in [7, 11) is 1.88. The first-order chi connectivity index (χ1) is 7.81. The summed E-state index contributed by atoms with van der Waals surface area (Å²) >= 11 is 1.42. The first-order valence-electron chi connectivity index (χ1n) is 5.53. The van der Waals surface area contributed by atoms with Gasteiger partial charge in [-0.05, 0) is 34.7 Å². The molecule has 0 aromatic carbocycles. The number of anilines is 1. The number of carbonyl (C=O) groups excluding carboxylic acids is 1. The fourth-order valence-corrected chi connectivity index (χ4v) is 1.96. The van der Waals surface area contributed by atoms with E-state index < -0.39 is 0 Å². The monoisotopic (exact) mass is 256 g/mol. The number of carbonyl (C=O) groups is 1. The van der Waals surface area contributed by atoms with Crippen LogP contribution in [0.2, 0.25) is 0 Å². The van der Waals surface area contributed by atoms with Crippen molar-refractivity contribution in [2.75, 3.05) is 12.4 Å². The van der Waals surface area contributed by atoms with E-state index in [1.807, 2.05) is 40.1 Å². The van der Waals surface area contributed by atoms with Crippen molar-refractivity contribution in [3.05, 3.63) is 11.1 Å². The Morgan fingerprint density at radius 2 is 2.12 bits per heavy atom. The zero-order chi connectivity index (χ0) is 13.1. The number of thiazole rings is 1. The summed E-state index contributed by atoms with van der Waals surface area (Å²) < 4.78 is 0. The van der Waals surface area contributed by atoms with Crippen molar-refractivity contribution in [3.63, 3.8) is 0 Å². The molecule has 2 amide bonds. The van der Waals surface area contributed by atoms with Gasteiger partial charge < -0.3 is 10.6 Å². The third-order valence-corrected chi connectivity index (χ3v) is 2.88. The minimum Gasteiger partial charge on any atom is -0.333 e. The molecule has 1 rings (SSSR count). The predicted molar refractivity (Wildman–Crippen MR) is 71.5 cm³/mol. The van der Waals surface area contributed by atoms with Crippen molar-refractivity contribution in [2.24, 2.45) is 0 Å². The van der Waals surface area contributed by atoms with Gasteiger partial charge in [0.25, 0.3) is 0 Å². The Hall–Kier alpha value is -1.14. The lowest BCUT2D eigenvalue weighted by Crippen LogP contribution is -2.43. The quantitative estimate of drug-likeness (QED) is 0.777. The highest BCUT2D eigenvalue weighted by Gasteiger charge is 2.15. The first-order valence-corrected chi connectivity index (χ1v) is 6.41. The van der Waals surface area contributed by atoms with E-state index in [-0.39, 0.29) is 17.6 Å². The van der Waals surface area contributed by atoms with Gasteiger partial charge in [-0.25, -0.2) is 9.78 Å². The molecule has 0 radical (unpaired) electrons. The molecule has 96 valence electrons. The van der Waals surface area contributed by atoms with Crippen LogP contribution in [0, 0.1) is 0 Å². The molecule has 0 bridgehead atoms. The highest BCUT2D eigenvalue weighted by atomic mass is 32.1. The number of hydrogen-bond donors (Lipinski definition) is 3. The molecular weight excluding hydrogens is 236 g/mol. The van der Waals surface area contributed by atoms with E-state index >= 15 is 0 Å². The van der Waals surface area contributed by atoms with Gasteiger partial charge in [0.15, 0.2) is 5.13 Å². The molecule has 1 atom stereocenters. The molecule has 0 aliphatic heterocycles. The summed E-state index contributed by atoms with van der Waals surface area (Å²) in [5, 5.41) is 11.2. The molecule has 3 N–H and O–H groups in total. The van der Waals surface area contributed by atoms with E-state index in [0.717, 1.165) is 5.69 Å². The topological polar surface area (TPSA) is 66.0 Å². The number of nitrogens with one attached hydrogen (secondary N) is 3. The Morgan fingerprint density at radius 3 is 2.65 bits per heavy atom. The average Bonchev–Trinajstić information content (AvgIpc) is 2.62. The molecule has 1 aromatic heterocycles. The lowest BCUT2D eigenvalue weighted by atomic mass is 10.1. The number of urea groups is 1. The molecule has 1 aromatic rings. The van der Waals surface area contributed by atoms with Crippen LogP contribution >= 0.6 is 11.3 Å². The van der Waals surface area contributed by atoms with E-state index in [2.05, 4.69) is 20.9 Å². The van der Waals surface area contributed by atoms with Gasteiger partial charge in [-0.1, -0.05) is 0 Å². The fraction of sp³-hybridized carbons (Fsp3) is 0.636. The molecule has 0 aliphatic carbocycles. The van der Waals surface area contributed by atoms with Crippen LogP contribution in [-0.4, -0.2) is 23.6 Å². The maximum atomic E-state index is 11.6. The molecule has 0 saturated heterocycles. The first kappa shape index (κ1) is 13.9. The Morgan fingerprint density at radius 1 is 1.47 bits per heavy atom. The largest absolute Gasteiger partial charge is 0.333 e. The number of amides is 2. The second-order valence-corrected chi connectivity index (χ2v) is 5.78. The molecule has 17 heavy (non-hydrogen) atoms. The zero-order valence-corrected chi connectivity index (χ0v) is 11.7. The van der Waals surface area contributed by atoms with E-state index in [4.69, 9.17) is 0 Å². The highest BCUT2D eigenvalue weighted by Crippen LogP contribution is 2.20. The SMILES string of the molecule is CNC(C)c1csc(NC(=O)NC(C)(C)C)n1. The van der Waals surface area contributed by atoms with Crippen LogP contribution in [0.15, 0.2) is 5.38 Å². The number of nitrogens with zero attached hydrogens (tertiary/aromatic N) is 1. The summed E-state index contributed by atoms with van der Waals surface area (Å²) in [5.74, 6) is 0. The fourth-order valence-electron chi connectivity index (χ4n) is 1.16. The summed E-state index contributed by atoms with van der Waals surface area (Å²) in [6.45, 7) is 7.82. The highest BCUT2D eigenvalue weighted by molar-refractivity contribution is 7.13. The number of aromatic nitrogens is 1. The molecule has 1 heterocycles. The van der Waals surface area contributed by atoms with Crippen LogP contribution in [0.1, 0.15) is 39.4 Å². The zero-order valence-electron chi connectivity index (χ0n) is 10.9. The van der Waals surface area contributed by atoms with Crippen LogP contribution < -0.4 is 16.0 Å². The van der Waals surface area contributed by atoms with Crippen LogP contribution in [0.3, 0.4) is 0 Å². The molecule has 1 unspecified atom stereocenters. The Kier molecular flexibility index (Phi) is 4.47. The molecule has 0 spiro atoms. The van der Waals surface area contributed by atoms with Crippen LogP contribution in [0.4, 0.5) is 9.93 Å². The van der Waals surface area contributed by atoms with E-state index in [1.165, 1.54) is 11.3 Å². The predicted octanol–water partition coefficient (Wildman–Crippen LogP) is 2.34. The minimum absolute atomic E-state index is 0.187. The Balaban J connectivity index is 2.58. The second-order valence-electron chi connectivity index (χ2n) is 4.92. The number of rotatable bonds is 3. The van der Waals surface area contributed by atoms with Crippen molar-refractivity contribution in [3.8, 4) is 0 Å². The van der Waals surface area contributed by atoms with Gasteiger partial charge in [0.2, 0.25) is 0 Å². The Labute approximate surface area is 106 Å². The minimum atomic E-state index is -0.248. The van der Waals surface area contributed by atoms with Crippen LogP contribution in [0.25, 0.3) is 0 Å². The van der Waals surface area contributed by atoms with Crippen molar-refractivity contribution in [2.45, 2.75) is 39.3 Å². The molecule has 6 heteroatoms. The van der Waals surface area contributed by atoms with Gasteiger partial charge in [0.05, 0.1) is 5.69 Å². The van der Waals surface area contributed by atoms with Gasteiger partial charge in [-0.2, -0.15) is 0 Å². The summed E-state index contributed by atoms with van der Waals surface area (Å²) in [5.41, 5.74) is 0.686. The van der Waals surface area contributed by atoms with E-state index in [0.29, 0.717) is 5.13 Å². The van der Waals surface area contributed by atoms with Gasteiger partial charge in [0.1, 0.15) is 0 Å². The van der Waals surface area contributed by atoms with Gasteiger partial charge in [0, 0.05) is 17.0 Å². The molecule has 0 saturated carbocycles. The van der Waals surface area contributed by atoms with Crippen molar-refractivity contribution in [1.29, 1.82) is 0 Å². The van der Waals surface area contributed by atoms with Crippen LogP contribution in [-0.2, 0) is 0 Å². The lowest BCUT2D eigenvalue weighted by Gasteiger charge is -2.20. The second kappa shape index (κ2) is 5.46. The molecular formula is C11H20N4OS. The van der Waals surface area contributed by atoms with Crippen LogP contribution in [0.5, 0.6) is 0 Å². The Bertz CT molecular complexity index is 383. The smallest absolute Gasteiger partial charge is 0.321 e. The van der Waals surface area contributed by atoms with Crippen molar-refractivity contribution in [1.82, 2.24) is 15.6 Å².